The van der Waals surface area contributed by atoms with Crippen molar-refractivity contribution in [1.82, 2.24) is 10.3 Å². The standard InChI is InChI=1S/C16H19N3OS2/c1-3-11(2)18-15(20)13-6-7-14(22-13)19-9-10-21-16-12(19)5-4-8-17-16/h4-8,11H,3,9-10H2,1-2H3,(H,18,20). The molecular formula is C16H19N3OS2. The first-order valence-corrected chi connectivity index (χ1v) is 9.25. The van der Waals surface area contributed by atoms with Gasteiger partial charge in [-0.1, -0.05) is 6.92 Å². The first-order chi connectivity index (χ1) is 10.7. The largest absolute Gasteiger partial charge is 0.349 e. The molecule has 116 valence electrons. The van der Waals surface area contributed by atoms with Crippen LogP contribution >= 0.6 is 23.1 Å². The zero-order chi connectivity index (χ0) is 15.5. The quantitative estimate of drug-likeness (QED) is 0.921. The van der Waals surface area contributed by atoms with Crippen molar-refractivity contribution in [3.63, 3.8) is 0 Å². The molecule has 6 heteroatoms. The van der Waals surface area contributed by atoms with Crippen LogP contribution in [0.5, 0.6) is 0 Å². The molecule has 0 aliphatic carbocycles. The monoisotopic (exact) mass is 333 g/mol. The van der Waals surface area contributed by atoms with E-state index in [0.29, 0.717) is 0 Å². The minimum Gasteiger partial charge on any atom is -0.349 e. The van der Waals surface area contributed by atoms with E-state index in [9.17, 15) is 4.79 Å². The lowest BCUT2D eigenvalue weighted by Crippen LogP contribution is -2.31. The summed E-state index contributed by atoms with van der Waals surface area (Å²) >= 11 is 3.32. The Bertz CT molecular complexity index is 671. The van der Waals surface area contributed by atoms with E-state index in [4.69, 9.17) is 0 Å². The number of anilines is 2. The van der Waals surface area contributed by atoms with E-state index in [0.717, 1.165) is 39.3 Å². The topological polar surface area (TPSA) is 45.2 Å². The van der Waals surface area contributed by atoms with E-state index in [1.165, 1.54) is 0 Å². The maximum absolute atomic E-state index is 12.2. The lowest BCUT2D eigenvalue weighted by Gasteiger charge is -2.28. The number of aromatic nitrogens is 1. The number of thioether (sulfide) groups is 1. The van der Waals surface area contributed by atoms with Crippen molar-refractivity contribution >= 4 is 39.7 Å². The number of nitrogens with zero attached hydrogens (tertiary/aromatic N) is 2. The Morgan fingerprint density at radius 1 is 1.45 bits per heavy atom. The molecule has 2 aromatic heterocycles. The Kier molecular flexibility index (Phi) is 4.69. The highest BCUT2D eigenvalue weighted by molar-refractivity contribution is 7.99. The van der Waals surface area contributed by atoms with Gasteiger partial charge in [0.25, 0.3) is 5.91 Å². The van der Waals surface area contributed by atoms with Crippen LogP contribution < -0.4 is 10.2 Å². The molecule has 0 radical (unpaired) electrons. The van der Waals surface area contributed by atoms with Crippen molar-refractivity contribution < 1.29 is 4.79 Å². The van der Waals surface area contributed by atoms with Gasteiger partial charge in [-0.05, 0) is 37.6 Å². The van der Waals surface area contributed by atoms with Crippen LogP contribution in [-0.2, 0) is 0 Å². The first-order valence-electron chi connectivity index (χ1n) is 7.45. The van der Waals surface area contributed by atoms with E-state index in [1.54, 1.807) is 23.1 Å². The van der Waals surface area contributed by atoms with Gasteiger partial charge >= 0.3 is 0 Å². The van der Waals surface area contributed by atoms with Gasteiger partial charge in [0.15, 0.2) is 0 Å². The minimum absolute atomic E-state index is 0.0170. The number of nitrogens with one attached hydrogen (secondary N) is 1. The minimum atomic E-state index is 0.0170. The van der Waals surface area contributed by atoms with Gasteiger partial charge < -0.3 is 10.2 Å². The second-order valence-corrected chi connectivity index (χ2v) is 7.39. The molecule has 0 saturated carbocycles. The molecule has 1 amide bonds. The summed E-state index contributed by atoms with van der Waals surface area (Å²) in [6, 6.07) is 8.20. The van der Waals surface area contributed by atoms with Crippen molar-refractivity contribution in [3.8, 4) is 0 Å². The van der Waals surface area contributed by atoms with Crippen molar-refractivity contribution in [2.75, 3.05) is 17.2 Å². The van der Waals surface area contributed by atoms with Gasteiger partial charge in [-0.3, -0.25) is 4.79 Å². The maximum atomic E-state index is 12.2. The van der Waals surface area contributed by atoms with Gasteiger partial charge in [0.05, 0.1) is 15.6 Å². The lowest BCUT2D eigenvalue weighted by molar-refractivity contribution is 0.0943. The molecule has 3 heterocycles. The van der Waals surface area contributed by atoms with Crippen LogP contribution in [0.4, 0.5) is 10.7 Å². The van der Waals surface area contributed by atoms with Crippen molar-refractivity contribution in [2.24, 2.45) is 0 Å². The predicted octanol–water partition coefficient (Wildman–Crippen LogP) is 3.92. The van der Waals surface area contributed by atoms with E-state index < -0.39 is 0 Å². The van der Waals surface area contributed by atoms with Crippen molar-refractivity contribution in [3.05, 3.63) is 35.3 Å². The third-order valence-corrected chi connectivity index (χ3v) is 5.75. The van der Waals surface area contributed by atoms with Crippen LogP contribution in [0.3, 0.4) is 0 Å². The van der Waals surface area contributed by atoms with Gasteiger partial charge in [-0.15, -0.1) is 23.1 Å². The third-order valence-electron chi connectivity index (χ3n) is 3.67. The normalized spacial score (nSPS) is 15.3. The van der Waals surface area contributed by atoms with E-state index in [-0.39, 0.29) is 11.9 Å². The highest BCUT2D eigenvalue weighted by atomic mass is 32.2. The Balaban J connectivity index is 1.82. The van der Waals surface area contributed by atoms with Crippen molar-refractivity contribution in [2.45, 2.75) is 31.3 Å². The second-order valence-electron chi connectivity index (χ2n) is 5.25. The molecule has 3 rings (SSSR count). The summed E-state index contributed by atoms with van der Waals surface area (Å²) in [5.41, 5.74) is 1.13. The number of amides is 1. The molecular weight excluding hydrogens is 314 g/mol. The highest BCUT2D eigenvalue weighted by Crippen LogP contribution is 2.39. The third kappa shape index (κ3) is 3.13. The van der Waals surface area contributed by atoms with E-state index in [1.807, 2.05) is 31.3 Å². The molecule has 22 heavy (non-hydrogen) atoms. The van der Waals surface area contributed by atoms with Gasteiger partial charge in [0.2, 0.25) is 0 Å². The van der Waals surface area contributed by atoms with Crippen LogP contribution in [0.25, 0.3) is 0 Å². The lowest BCUT2D eigenvalue weighted by atomic mass is 10.2. The van der Waals surface area contributed by atoms with Gasteiger partial charge in [-0.25, -0.2) is 4.98 Å². The van der Waals surface area contributed by atoms with E-state index >= 15 is 0 Å². The predicted molar refractivity (Wildman–Crippen MR) is 93.5 cm³/mol. The molecule has 0 saturated heterocycles. The smallest absolute Gasteiger partial charge is 0.261 e. The first kappa shape index (κ1) is 15.4. The Morgan fingerprint density at radius 2 is 2.32 bits per heavy atom. The molecule has 0 fully saturated rings. The Morgan fingerprint density at radius 3 is 3.14 bits per heavy atom. The fraction of sp³-hybridized carbons (Fsp3) is 0.375. The highest BCUT2D eigenvalue weighted by Gasteiger charge is 2.22. The van der Waals surface area contributed by atoms with Gasteiger partial charge in [0, 0.05) is 24.5 Å². The molecule has 0 bridgehead atoms. The number of hydrogen-bond donors (Lipinski definition) is 1. The Hall–Kier alpha value is -1.53. The van der Waals surface area contributed by atoms with Crippen LogP contribution in [0, 0.1) is 0 Å². The summed E-state index contributed by atoms with van der Waals surface area (Å²) in [6.45, 7) is 5.03. The molecule has 1 unspecified atom stereocenters. The SMILES string of the molecule is CCC(C)NC(=O)c1ccc(N2CCSc3ncccc32)s1. The molecule has 0 spiro atoms. The molecule has 1 atom stereocenters. The molecule has 4 nitrogen and oxygen atoms in total. The summed E-state index contributed by atoms with van der Waals surface area (Å²) in [6.07, 6.45) is 2.77. The van der Waals surface area contributed by atoms with Gasteiger partial charge in [-0.2, -0.15) is 0 Å². The fourth-order valence-corrected chi connectivity index (χ4v) is 4.15. The summed E-state index contributed by atoms with van der Waals surface area (Å²) in [7, 11) is 0. The summed E-state index contributed by atoms with van der Waals surface area (Å²) in [5, 5.41) is 5.18. The summed E-state index contributed by atoms with van der Waals surface area (Å²) in [5.74, 6) is 1.03. The number of thiophene rings is 1. The number of fused-ring (bicyclic) bond motifs is 1. The number of rotatable bonds is 4. The van der Waals surface area contributed by atoms with Crippen LogP contribution in [0.15, 0.2) is 35.5 Å². The number of hydrogen-bond acceptors (Lipinski definition) is 5. The summed E-state index contributed by atoms with van der Waals surface area (Å²) in [4.78, 5) is 19.7. The molecule has 2 aromatic rings. The Labute approximate surface area is 138 Å². The zero-order valence-electron chi connectivity index (χ0n) is 12.7. The average Bonchev–Trinajstić information content (AvgIpc) is 3.04. The number of carbonyl (C=O) groups excluding carboxylic acids is 1. The van der Waals surface area contributed by atoms with Crippen LogP contribution in [0.1, 0.15) is 29.9 Å². The second kappa shape index (κ2) is 6.71. The van der Waals surface area contributed by atoms with Crippen molar-refractivity contribution in [1.29, 1.82) is 0 Å². The fourth-order valence-electron chi connectivity index (χ4n) is 2.27. The number of carbonyl (C=O) groups is 1. The molecule has 1 aliphatic rings. The maximum Gasteiger partial charge on any atom is 0.261 e. The zero-order valence-corrected chi connectivity index (χ0v) is 14.3. The van der Waals surface area contributed by atoms with Crippen LogP contribution in [0.2, 0.25) is 0 Å². The van der Waals surface area contributed by atoms with E-state index in [2.05, 4.69) is 28.2 Å². The molecule has 1 aliphatic heterocycles. The van der Waals surface area contributed by atoms with Crippen LogP contribution in [-0.4, -0.2) is 29.2 Å². The van der Waals surface area contributed by atoms with Gasteiger partial charge in [0.1, 0.15) is 5.03 Å². The molecule has 0 aromatic carbocycles. The number of pyridine rings is 1. The molecule has 1 N–H and O–H groups in total. The average molecular weight is 333 g/mol. The summed E-state index contributed by atoms with van der Waals surface area (Å²) < 4.78 is 0.